The zero-order valence-corrected chi connectivity index (χ0v) is 27.8. The highest BCUT2D eigenvalue weighted by molar-refractivity contribution is 7.89. The highest BCUT2D eigenvalue weighted by atomic mass is 35.5. The Morgan fingerprint density at radius 1 is 0.952 bits per heavy atom. The second-order valence-corrected chi connectivity index (χ2v) is 14.5. The molecule has 7 nitrogen and oxygen atoms in total. The van der Waals surface area contributed by atoms with E-state index >= 15 is 0 Å². The molecule has 0 saturated carbocycles. The van der Waals surface area contributed by atoms with Gasteiger partial charge in [-0.25, -0.2) is 13.1 Å². The molecule has 2 atom stereocenters. The predicted octanol–water partition coefficient (Wildman–Crippen LogP) is 8.37. The lowest BCUT2D eigenvalue weighted by Crippen LogP contribution is -2.53. The third kappa shape index (κ3) is 5.90. The van der Waals surface area contributed by atoms with Crippen LogP contribution in [-0.2, 0) is 21.1 Å². The maximum atomic E-state index is 13.5. The van der Waals surface area contributed by atoms with Gasteiger partial charge in [0, 0.05) is 21.7 Å². The number of benzene rings is 3. The van der Waals surface area contributed by atoms with Crippen LogP contribution in [0.1, 0.15) is 58.2 Å². The summed E-state index contributed by atoms with van der Waals surface area (Å²) in [5.74, 6) is 0.343. The third-order valence-corrected chi connectivity index (χ3v) is 10.1. The molecule has 1 amide bonds. The molecule has 1 aliphatic rings. The average molecular weight is 671 g/mol. The fraction of sp³-hybridized carbons (Fsp3) is 0.333. The number of nitrogens with one attached hydrogen (secondary N) is 1. The first-order valence-electron chi connectivity index (χ1n) is 13.1. The van der Waals surface area contributed by atoms with Crippen molar-refractivity contribution in [2.24, 2.45) is 4.99 Å². The smallest absolute Gasteiger partial charge is 0.322 e. The summed E-state index contributed by atoms with van der Waals surface area (Å²) in [6, 6.07) is 16.9. The van der Waals surface area contributed by atoms with E-state index < -0.39 is 32.0 Å². The van der Waals surface area contributed by atoms with Crippen molar-refractivity contribution in [2.75, 3.05) is 6.61 Å². The summed E-state index contributed by atoms with van der Waals surface area (Å²) < 4.78 is 35.5. The molecule has 12 heteroatoms. The SMILES string of the molecule is CCOc1cc(Cl)c(S(=O)(=O)NC(C)(C)C)cc1C1=N[C@@](C)(c2ccc(Cl)cc2)[C@](C)(c2ccc(Cl)cc2)N1C(=O)Cl. The van der Waals surface area contributed by atoms with Crippen LogP contribution >= 0.6 is 46.4 Å². The molecule has 3 aromatic rings. The molecular formula is C30H31Cl4N3O4S. The molecule has 0 spiro atoms. The molecule has 0 fully saturated rings. The Morgan fingerprint density at radius 3 is 1.95 bits per heavy atom. The topological polar surface area (TPSA) is 88.1 Å². The summed E-state index contributed by atoms with van der Waals surface area (Å²) >= 11 is 25.3. The van der Waals surface area contributed by atoms with E-state index in [-0.39, 0.29) is 33.7 Å². The molecule has 1 heterocycles. The highest BCUT2D eigenvalue weighted by Gasteiger charge is 2.59. The van der Waals surface area contributed by atoms with Gasteiger partial charge >= 0.3 is 5.37 Å². The molecule has 0 aliphatic carbocycles. The van der Waals surface area contributed by atoms with Crippen LogP contribution in [-0.4, -0.2) is 36.7 Å². The first kappa shape index (κ1) is 32.6. The summed E-state index contributed by atoms with van der Waals surface area (Å²) in [4.78, 5) is 19.7. The van der Waals surface area contributed by atoms with Gasteiger partial charge in [-0.2, -0.15) is 0 Å². The van der Waals surface area contributed by atoms with E-state index in [0.29, 0.717) is 15.6 Å². The summed E-state index contributed by atoms with van der Waals surface area (Å²) in [6.45, 7) is 10.9. The van der Waals surface area contributed by atoms with E-state index in [4.69, 9.17) is 56.1 Å². The van der Waals surface area contributed by atoms with Crippen LogP contribution in [0.25, 0.3) is 0 Å². The molecule has 0 radical (unpaired) electrons. The number of amides is 1. The zero-order chi connectivity index (χ0) is 31.3. The standard InChI is InChI=1S/C30H31Cl4N3O4S/c1-7-41-24-17-23(33)25(42(39,40)36-28(2,3)4)16-22(24)26-35-29(5,18-8-12-20(31)13-9-18)30(6,37(26)27(34)38)19-10-14-21(32)15-11-19/h8-17,36H,7H2,1-6H3/t29-,30-/m0/s1. The van der Waals surface area contributed by atoms with E-state index in [1.807, 2.05) is 26.0 Å². The Balaban J connectivity index is 2.08. The van der Waals surface area contributed by atoms with E-state index in [0.717, 1.165) is 5.56 Å². The molecular weight excluding hydrogens is 640 g/mol. The molecule has 0 aromatic heterocycles. The van der Waals surface area contributed by atoms with E-state index in [9.17, 15) is 13.2 Å². The minimum absolute atomic E-state index is 0.0535. The molecule has 1 aliphatic heterocycles. The van der Waals surface area contributed by atoms with Gasteiger partial charge < -0.3 is 4.74 Å². The highest BCUT2D eigenvalue weighted by Crippen LogP contribution is 2.54. The van der Waals surface area contributed by atoms with Crippen molar-refractivity contribution in [2.45, 2.75) is 63.1 Å². The van der Waals surface area contributed by atoms with Crippen molar-refractivity contribution >= 4 is 67.6 Å². The molecule has 3 aromatic carbocycles. The van der Waals surface area contributed by atoms with Crippen LogP contribution in [0.4, 0.5) is 4.79 Å². The van der Waals surface area contributed by atoms with E-state index in [1.54, 1.807) is 64.1 Å². The van der Waals surface area contributed by atoms with Gasteiger partial charge in [0.2, 0.25) is 10.0 Å². The van der Waals surface area contributed by atoms with Crippen molar-refractivity contribution in [1.82, 2.24) is 9.62 Å². The van der Waals surface area contributed by atoms with Crippen molar-refractivity contribution in [3.05, 3.63) is 92.4 Å². The van der Waals surface area contributed by atoms with Crippen molar-refractivity contribution < 1.29 is 17.9 Å². The van der Waals surface area contributed by atoms with Gasteiger partial charge in [0.1, 0.15) is 27.6 Å². The Morgan fingerprint density at radius 2 is 1.48 bits per heavy atom. The van der Waals surface area contributed by atoms with Gasteiger partial charge in [0.15, 0.2) is 0 Å². The summed E-state index contributed by atoms with van der Waals surface area (Å²) in [5.41, 5.74) is -1.50. The number of carbonyl (C=O) groups excluding carboxylic acids is 1. The number of hydrogen-bond acceptors (Lipinski definition) is 5. The lowest BCUT2D eigenvalue weighted by atomic mass is 9.71. The van der Waals surface area contributed by atoms with Gasteiger partial charge in [0.25, 0.3) is 0 Å². The molecule has 42 heavy (non-hydrogen) atoms. The largest absolute Gasteiger partial charge is 0.493 e. The van der Waals surface area contributed by atoms with E-state index in [1.165, 1.54) is 17.0 Å². The first-order chi connectivity index (χ1) is 19.4. The van der Waals surface area contributed by atoms with Crippen LogP contribution in [0.3, 0.4) is 0 Å². The number of nitrogens with zero attached hydrogens (tertiary/aromatic N) is 2. The van der Waals surface area contributed by atoms with Gasteiger partial charge in [-0.15, -0.1) is 0 Å². The van der Waals surface area contributed by atoms with Gasteiger partial charge in [-0.3, -0.25) is 14.7 Å². The third-order valence-electron chi connectivity index (χ3n) is 7.23. The first-order valence-corrected chi connectivity index (χ1v) is 16.1. The van der Waals surface area contributed by atoms with Gasteiger partial charge in [-0.1, -0.05) is 59.1 Å². The quantitative estimate of drug-likeness (QED) is 0.202. The second-order valence-electron chi connectivity index (χ2n) is 11.2. The van der Waals surface area contributed by atoms with Gasteiger partial charge in [-0.05, 0) is 94.6 Å². The molecule has 0 saturated heterocycles. The Bertz CT molecular complexity index is 1660. The lowest BCUT2D eigenvalue weighted by molar-refractivity contribution is 0.149. The summed E-state index contributed by atoms with van der Waals surface area (Å²) in [7, 11) is -4.10. The molecule has 224 valence electrons. The number of sulfonamides is 1. The van der Waals surface area contributed by atoms with Crippen LogP contribution in [0.15, 0.2) is 70.6 Å². The molecule has 4 rings (SSSR count). The maximum absolute atomic E-state index is 13.5. The fourth-order valence-corrected chi connectivity index (χ4v) is 7.66. The molecule has 0 unspecified atom stereocenters. The Hall–Kier alpha value is -2.33. The second kappa shape index (κ2) is 11.6. The number of amidine groups is 1. The monoisotopic (exact) mass is 669 g/mol. The average Bonchev–Trinajstić information content (AvgIpc) is 3.12. The minimum atomic E-state index is -4.10. The van der Waals surface area contributed by atoms with Crippen LogP contribution in [0.5, 0.6) is 5.75 Å². The maximum Gasteiger partial charge on any atom is 0.322 e. The number of ether oxygens (including phenoxy) is 1. The van der Waals surface area contributed by atoms with Crippen molar-refractivity contribution in [1.29, 1.82) is 0 Å². The van der Waals surface area contributed by atoms with Crippen LogP contribution < -0.4 is 9.46 Å². The zero-order valence-electron chi connectivity index (χ0n) is 23.9. The lowest BCUT2D eigenvalue weighted by Gasteiger charge is -2.44. The molecule has 0 bridgehead atoms. The van der Waals surface area contributed by atoms with Crippen molar-refractivity contribution in [3.8, 4) is 5.75 Å². The number of aliphatic imine (C=N–C) groups is 1. The number of carbonyl (C=O) groups is 1. The normalized spacial score (nSPS) is 20.9. The Labute approximate surface area is 266 Å². The molecule has 1 N–H and O–H groups in total. The summed E-state index contributed by atoms with van der Waals surface area (Å²) in [5, 5.41) is 0.150. The van der Waals surface area contributed by atoms with E-state index in [2.05, 4.69) is 4.72 Å². The number of hydrogen-bond donors (Lipinski definition) is 1. The fourth-order valence-electron chi connectivity index (χ4n) is 5.19. The number of halogens is 4. The summed E-state index contributed by atoms with van der Waals surface area (Å²) in [6.07, 6.45) is 0. The Kier molecular flexibility index (Phi) is 9.03. The number of rotatable bonds is 7. The van der Waals surface area contributed by atoms with Crippen LogP contribution in [0, 0.1) is 0 Å². The minimum Gasteiger partial charge on any atom is -0.493 e. The van der Waals surface area contributed by atoms with Crippen molar-refractivity contribution in [3.63, 3.8) is 0 Å². The van der Waals surface area contributed by atoms with Crippen LogP contribution in [0.2, 0.25) is 15.1 Å². The predicted molar refractivity (Wildman–Crippen MR) is 170 cm³/mol. The van der Waals surface area contributed by atoms with Gasteiger partial charge in [0.05, 0.1) is 17.2 Å².